The molecule has 0 saturated carbocycles. The van der Waals surface area contributed by atoms with Crippen LogP contribution in [-0.2, 0) is 0 Å². The van der Waals surface area contributed by atoms with Crippen molar-refractivity contribution in [1.29, 1.82) is 0 Å². The van der Waals surface area contributed by atoms with Gasteiger partial charge in [-0.25, -0.2) is 0 Å². The number of halogens is 2. The third-order valence-corrected chi connectivity index (χ3v) is 6.17. The summed E-state index contributed by atoms with van der Waals surface area (Å²) in [5.41, 5.74) is 0.692. The van der Waals surface area contributed by atoms with E-state index in [1.165, 1.54) is 12.1 Å². The molecular weight excluding hydrogens is 478 g/mol. The summed E-state index contributed by atoms with van der Waals surface area (Å²) < 4.78 is 48.7. The Labute approximate surface area is 217 Å². The summed E-state index contributed by atoms with van der Waals surface area (Å²) in [6.07, 6.45) is 10.4. The summed E-state index contributed by atoms with van der Waals surface area (Å²) in [5, 5.41) is 0.185. The molecule has 1 aromatic heterocycles. The van der Waals surface area contributed by atoms with Gasteiger partial charge in [-0.3, -0.25) is 4.79 Å². The quantitative estimate of drug-likeness (QED) is 0.168. The Balaban J connectivity index is 1.99. The Hall–Kier alpha value is -3.09. The van der Waals surface area contributed by atoms with Crippen molar-refractivity contribution >= 4 is 11.0 Å². The van der Waals surface area contributed by atoms with Crippen molar-refractivity contribution in [3.8, 4) is 28.6 Å². The average molecular weight is 517 g/mol. The number of alkyl halides is 2. The van der Waals surface area contributed by atoms with Crippen LogP contribution < -0.4 is 19.6 Å². The highest BCUT2D eigenvalue weighted by Crippen LogP contribution is 2.37. The maximum atomic E-state index is 13.8. The van der Waals surface area contributed by atoms with Crippen molar-refractivity contribution in [2.75, 3.05) is 13.2 Å². The van der Waals surface area contributed by atoms with Crippen LogP contribution in [0, 0.1) is 0 Å². The van der Waals surface area contributed by atoms with E-state index in [0.717, 1.165) is 64.2 Å². The van der Waals surface area contributed by atoms with Crippen molar-refractivity contribution in [3.05, 3.63) is 52.7 Å². The van der Waals surface area contributed by atoms with Crippen LogP contribution in [0.3, 0.4) is 0 Å². The van der Waals surface area contributed by atoms with E-state index < -0.39 is 6.61 Å². The Morgan fingerprint density at radius 1 is 0.811 bits per heavy atom. The molecule has 0 aliphatic heterocycles. The Bertz CT molecular complexity index is 1140. The summed E-state index contributed by atoms with van der Waals surface area (Å²) in [6.45, 7) is 2.02. The topological polar surface area (TPSA) is 57.9 Å². The molecule has 202 valence electrons. The Morgan fingerprint density at radius 3 is 2.05 bits per heavy atom. The lowest BCUT2D eigenvalue weighted by Gasteiger charge is -2.15. The van der Waals surface area contributed by atoms with Gasteiger partial charge in [0.05, 0.1) is 13.2 Å². The molecule has 3 rings (SSSR count). The zero-order valence-electron chi connectivity index (χ0n) is 21.9. The number of hydrogen-bond donors (Lipinski definition) is 0. The van der Waals surface area contributed by atoms with Gasteiger partial charge in [0.1, 0.15) is 28.0 Å². The highest BCUT2D eigenvalue weighted by molar-refractivity contribution is 5.90. The van der Waals surface area contributed by atoms with Gasteiger partial charge in [-0.05, 0) is 18.4 Å². The first-order valence-electron chi connectivity index (χ1n) is 13.5. The minimum absolute atomic E-state index is 0.0684. The molecule has 0 bridgehead atoms. The SMILES string of the molecule is CCCCCCCOc1oc2cc(OC(F)F)cc(OCCCCCCC)c2c(=O)c1-c1ccccc1. The number of rotatable bonds is 17. The third kappa shape index (κ3) is 8.48. The highest BCUT2D eigenvalue weighted by Gasteiger charge is 2.22. The summed E-state index contributed by atoms with van der Waals surface area (Å²) in [7, 11) is 0. The molecule has 0 unspecified atom stereocenters. The van der Waals surface area contributed by atoms with Gasteiger partial charge in [-0.2, -0.15) is 8.78 Å². The molecule has 0 N–H and O–H groups in total. The second-order valence-electron chi connectivity index (χ2n) is 9.16. The highest BCUT2D eigenvalue weighted by atomic mass is 19.3. The number of unbranched alkanes of at least 4 members (excludes halogenated alkanes) is 8. The molecule has 0 amide bonds. The van der Waals surface area contributed by atoms with E-state index in [0.29, 0.717) is 18.8 Å². The third-order valence-electron chi connectivity index (χ3n) is 6.17. The first-order valence-corrected chi connectivity index (χ1v) is 13.5. The van der Waals surface area contributed by atoms with Gasteiger partial charge in [-0.15, -0.1) is 0 Å². The number of ether oxygens (including phenoxy) is 3. The smallest absolute Gasteiger partial charge is 0.387 e. The van der Waals surface area contributed by atoms with Crippen LogP contribution in [0.1, 0.15) is 78.1 Å². The molecule has 0 fully saturated rings. The molecule has 0 saturated heterocycles. The molecule has 1 heterocycles. The van der Waals surface area contributed by atoms with Crippen LogP contribution in [-0.4, -0.2) is 19.8 Å². The fourth-order valence-corrected chi connectivity index (χ4v) is 4.24. The van der Waals surface area contributed by atoms with Gasteiger partial charge in [-0.1, -0.05) is 95.5 Å². The van der Waals surface area contributed by atoms with E-state index in [2.05, 4.69) is 18.6 Å². The zero-order valence-corrected chi connectivity index (χ0v) is 21.9. The molecule has 0 radical (unpaired) electrons. The summed E-state index contributed by atoms with van der Waals surface area (Å²) in [5.74, 6) is 0.101. The molecule has 2 aromatic carbocycles. The van der Waals surface area contributed by atoms with E-state index in [4.69, 9.17) is 13.9 Å². The maximum Gasteiger partial charge on any atom is 0.387 e. The van der Waals surface area contributed by atoms with Crippen molar-refractivity contribution in [2.45, 2.75) is 84.7 Å². The normalized spacial score (nSPS) is 11.3. The van der Waals surface area contributed by atoms with E-state index >= 15 is 0 Å². The van der Waals surface area contributed by atoms with Gasteiger partial charge in [0.25, 0.3) is 5.95 Å². The molecular formula is C30H38F2O5. The molecule has 5 nitrogen and oxygen atoms in total. The van der Waals surface area contributed by atoms with Crippen LogP contribution in [0.2, 0.25) is 0 Å². The minimum atomic E-state index is -3.02. The largest absolute Gasteiger partial charge is 0.493 e. The van der Waals surface area contributed by atoms with E-state index in [1.807, 2.05) is 30.3 Å². The van der Waals surface area contributed by atoms with Gasteiger partial charge in [0, 0.05) is 12.1 Å². The zero-order chi connectivity index (χ0) is 26.5. The van der Waals surface area contributed by atoms with E-state index in [9.17, 15) is 13.6 Å². The first kappa shape index (κ1) is 28.5. The van der Waals surface area contributed by atoms with Crippen molar-refractivity contribution in [1.82, 2.24) is 0 Å². The summed E-state index contributed by atoms with van der Waals surface area (Å²) in [4.78, 5) is 13.8. The summed E-state index contributed by atoms with van der Waals surface area (Å²) >= 11 is 0. The van der Waals surface area contributed by atoms with Crippen LogP contribution >= 0.6 is 0 Å². The van der Waals surface area contributed by atoms with Gasteiger partial charge >= 0.3 is 6.61 Å². The van der Waals surface area contributed by atoms with Crippen molar-refractivity contribution in [3.63, 3.8) is 0 Å². The van der Waals surface area contributed by atoms with E-state index in [1.54, 1.807) is 0 Å². The lowest BCUT2D eigenvalue weighted by Crippen LogP contribution is -2.12. The maximum absolute atomic E-state index is 13.8. The second-order valence-corrected chi connectivity index (χ2v) is 9.16. The number of benzene rings is 2. The molecule has 7 heteroatoms. The molecule has 37 heavy (non-hydrogen) atoms. The monoisotopic (exact) mass is 516 g/mol. The predicted octanol–water partition coefficient (Wildman–Crippen LogP) is 8.76. The number of fused-ring (bicyclic) bond motifs is 1. The van der Waals surface area contributed by atoms with Crippen molar-refractivity contribution < 1.29 is 27.4 Å². The lowest BCUT2D eigenvalue weighted by molar-refractivity contribution is -0.0498. The van der Waals surface area contributed by atoms with Crippen LogP contribution in [0.15, 0.2) is 51.7 Å². The average Bonchev–Trinajstić information content (AvgIpc) is 2.88. The Morgan fingerprint density at radius 2 is 1.43 bits per heavy atom. The van der Waals surface area contributed by atoms with Crippen molar-refractivity contribution in [2.24, 2.45) is 0 Å². The van der Waals surface area contributed by atoms with Crippen LogP contribution in [0.4, 0.5) is 8.78 Å². The fourth-order valence-electron chi connectivity index (χ4n) is 4.24. The minimum Gasteiger partial charge on any atom is -0.493 e. The van der Waals surface area contributed by atoms with Gasteiger partial charge in [0.15, 0.2) is 0 Å². The van der Waals surface area contributed by atoms with Gasteiger partial charge in [0.2, 0.25) is 5.43 Å². The first-order chi connectivity index (χ1) is 18.0. The summed E-state index contributed by atoms with van der Waals surface area (Å²) in [6, 6.07) is 11.8. The molecule has 0 spiro atoms. The lowest BCUT2D eigenvalue weighted by atomic mass is 10.0. The van der Waals surface area contributed by atoms with Crippen LogP contribution in [0.25, 0.3) is 22.1 Å². The molecule has 0 aliphatic carbocycles. The van der Waals surface area contributed by atoms with Crippen LogP contribution in [0.5, 0.6) is 17.4 Å². The Kier molecular flexibility index (Phi) is 11.7. The van der Waals surface area contributed by atoms with Gasteiger partial charge < -0.3 is 18.6 Å². The number of hydrogen-bond acceptors (Lipinski definition) is 5. The second kappa shape index (κ2) is 15.2. The molecule has 3 aromatic rings. The standard InChI is InChI=1S/C30H38F2O5/c1-3-5-7-9-14-18-34-24-20-23(36-30(31)32)21-25-27(24)28(33)26(22-16-12-11-13-17-22)29(37-25)35-19-15-10-8-6-4-2/h11-13,16-17,20-21,30H,3-10,14-15,18-19H2,1-2H3. The fraction of sp³-hybridized carbons (Fsp3) is 0.500. The van der Waals surface area contributed by atoms with E-state index in [-0.39, 0.29) is 39.4 Å². The molecule has 0 aliphatic rings. The molecule has 0 atom stereocenters. The predicted molar refractivity (Wildman–Crippen MR) is 143 cm³/mol.